The zero-order valence-electron chi connectivity index (χ0n) is 17.6. The summed E-state index contributed by atoms with van der Waals surface area (Å²) in [6, 6.07) is 37.2. The molecule has 4 rings (SSSR count). The topological polar surface area (TPSA) is 34.1 Å². The van der Waals surface area contributed by atoms with Gasteiger partial charge in [-0.2, -0.15) is 0 Å². The van der Waals surface area contributed by atoms with Gasteiger partial charge in [-0.15, -0.1) is 6.58 Å². The van der Waals surface area contributed by atoms with Gasteiger partial charge in [0.05, 0.1) is 0 Å². The lowest BCUT2D eigenvalue weighted by molar-refractivity contribution is 0.103. The monoisotopic (exact) mass is 406 g/mol. The summed E-state index contributed by atoms with van der Waals surface area (Å²) in [5, 5.41) is 0. The van der Waals surface area contributed by atoms with Gasteiger partial charge in [-0.3, -0.25) is 9.59 Å². The van der Waals surface area contributed by atoms with Crippen LogP contribution in [0.2, 0.25) is 0 Å². The first-order chi connectivity index (χ1) is 15.2. The molecule has 4 aromatic carbocycles. The van der Waals surface area contributed by atoms with Gasteiger partial charge in [-0.1, -0.05) is 127 Å². The second-order valence-corrected chi connectivity index (χ2v) is 6.53. The van der Waals surface area contributed by atoms with Crippen molar-refractivity contribution in [2.45, 2.75) is 6.92 Å². The molecule has 2 heteroatoms. The Hall–Kier alpha value is -4.04. The first-order valence-corrected chi connectivity index (χ1v) is 10.0. The second-order valence-electron chi connectivity index (χ2n) is 6.53. The summed E-state index contributed by atoms with van der Waals surface area (Å²) < 4.78 is 0. The maximum Gasteiger partial charge on any atom is 0.193 e. The van der Waals surface area contributed by atoms with Crippen molar-refractivity contribution in [2.75, 3.05) is 0 Å². The van der Waals surface area contributed by atoms with Crippen molar-refractivity contribution in [3.05, 3.63) is 156 Å². The number of carbonyl (C=O) groups excluding carboxylic acids is 2. The SMILES string of the molecule is C=CC.O=C(c1ccccc1)c1ccccc1.O=C(c1ccccc1)c1ccccc1. The van der Waals surface area contributed by atoms with Gasteiger partial charge in [0.2, 0.25) is 0 Å². The molecule has 0 radical (unpaired) electrons. The van der Waals surface area contributed by atoms with Crippen molar-refractivity contribution in [3.63, 3.8) is 0 Å². The molecule has 0 saturated heterocycles. The van der Waals surface area contributed by atoms with E-state index in [1.54, 1.807) is 6.08 Å². The summed E-state index contributed by atoms with van der Waals surface area (Å²) in [5.74, 6) is 0.150. The Morgan fingerprint density at radius 1 is 0.484 bits per heavy atom. The molecular formula is C29H26O2. The second kappa shape index (κ2) is 13.2. The van der Waals surface area contributed by atoms with Gasteiger partial charge >= 0.3 is 0 Å². The number of hydrogen-bond donors (Lipinski definition) is 0. The molecule has 0 atom stereocenters. The molecule has 2 nitrogen and oxygen atoms in total. The van der Waals surface area contributed by atoms with Crippen molar-refractivity contribution in [1.29, 1.82) is 0 Å². The van der Waals surface area contributed by atoms with Gasteiger partial charge in [0.15, 0.2) is 11.6 Å². The van der Waals surface area contributed by atoms with Crippen molar-refractivity contribution in [2.24, 2.45) is 0 Å². The van der Waals surface area contributed by atoms with E-state index in [2.05, 4.69) is 6.58 Å². The predicted molar refractivity (Wildman–Crippen MR) is 129 cm³/mol. The standard InChI is InChI=1S/2C13H10O.C3H6/c2*14-13(11-7-3-1-4-8-11)12-9-5-2-6-10-12;1-3-2/h2*1-10H;3H,1H2,2H3. The molecule has 0 bridgehead atoms. The number of carbonyl (C=O) groups is 2. The summed E-state index contributed by atoms with van der Waals surface area (Å²) >= 11 is 0. The van der Waals surface area contributed by atoms with E-state index >= 15 is 0 Å². The average Bonchev–Trinajstić information content (AvgIpc) is 2.86. The Balaban J connectivity index is 0.000000196. The van der Waals surface area contributed by atoms with Crippen LogP contribution in [0.25, 0.3) is 0 Å². The summed E-state index contributed by atoms with van der Waals surface area (Å²) in [6.07, 6.45) is 1.75. The number of ketones is 2. The zero-order valence-corrected chi connectivity index (χ0v) is 17.6. The van der Waals surface area contributed by atoms with E-state index in [9.17, 15) is 9.59 Å². The highest BCUT2D eigenvalue weighted by Crippen LogP contribution is 2.09. The molecule has 4 aromatic rings. The predicted octanol–water partition coefficient (Wildman–Crippen LogP) is 7.03. The summed E-state index contributed by atoms with van der Waals surface area (Å²) in [7, 11) is 0. The van der Waals surface area contributed by atoms with Crippen LogP contribution >= 0.6 is 0 Å². The van der Waals surface area contributed by atoms with Crippen LogP contribution in [0.15, 0.2) is 134 Å². The minimum atomic E-state index is 0.0752. The fraction of sp³-hybridized carbons (Fsp3) is 0.0345. The highest BCUT2D eigenvalue weighted by molar-refractivity contribution is 6.09. The molecule has 0 unspecified atom stereocenters. The minimum Gasteiger partial charge on any atom is -0.289 e. The number of hydrogen-bond acceptors (Lipinski definition) is 2. The molecule has 0 aliphatic rings. The highest BCUT2D eigenvalue weighted by Gasteiger charge is 2.07. The molecule has 0 saturated carbocycles. The lowest BCUT2D eigenvalue weighted by atomic mass is 10.0. The highest BCUT2D eigenvalue weighted by atomic mass is 16.1. The minimum absolute atomic E-state index is 0.0752. The Labute approximate surface area is 184 Å². The van der Waals surface area contributed by atoms with Crippen LogP contribution in [-0.2, 0) is 0 Å². The van der Waals surface area contributed by atoms with E-state index in [0.29, 0.717) is 0 Å². The lowest BCUT2D eigenvalue weighted by Crippen LogP contribution is -1.99. The normalized spacial score (nSPS) is 9.19. The number of allylic oxidation sites excluding steroid dienone is 1. The van der Waals surface area contributed by atoms with Gasteiger partial charge in [0.25, 0.3) is 0 Å². The summed E-state index contributed by atoms with van der Waals surface area (Å²) in [4.78, 5) is 23.7. The molecule has 0 spiro atoms. The van der Waals surface area contributed by atoms with Crippen molar-refractivity contribution in [1.82, 2.24) is 0 Å². The van der Waals surface area contributed by atoms with Gasteiger partial charge < -0.3 is 0 Å². The molecule has 0 aromatic heterocycles. The molecule has 0 aliphatic heterocycles. The fourth-order valence-electron chi connectivity index (χ4n) is 2.69. The van der Waals surface area contributed by atoms with E-state index < -0.39 is 0 Å². The Kier molecular flexibility index (Phi) is 9.92. The van der Waals surface area contributed by atoms with Crippen LogP contribution in [0.1, 0.15) is 38.8 Å². The lowest BCUT2D eigenvalue weighted by Gasteiger charge is -1.99. The van der Waals surface area contributed by atoms with Crippen molar-refractivity contribution in [3.8, 4) is 0 Å². The van der Waals surface area contributed by atoms with E-state index in [1.807, 2.05) is 128 Å². The average molecular weight is 407 g/mol. The van der Waals surface area contributed by atoms with Crippen LogP contribution < -0.4 is 0 Å². The van der Waals surface area contributed by atoms with Crippen LogP contribution in [-0.4, -0.2) is 11.6 Å². The van der Waals surface area contributed by atoms with Crippen molar-refractivity contribution >= 4 is 11.6 Å². The smallest absolute Gasteiger partial charge is 0.193 e. The third-order valence-electron chi connectivity index (χ3n) is 4.14. The van der Waals surface area contributed by atoms with E-state index in [0.717, 1.165) is 22.3 Å². The van der Waals surface area contributed by atoms with E-state index in [-0.39, 0.29) is 11.6 Å². The van der Waals surface area contributed by atoms with Crippen molar-refractivity contribution < 1.29 is 9.59 Å². The van der Waals surface area contributed by atoms with Crippen LogP contribution in [0.3, 0.4) is 0 Å². The van der Waals surface area contributed by atoms with E-state index in [4.69, 9.17) is 0 Å². The van der Waals surface area contributed by atoms with Crippen LogP contribution in [0.4, 0.5) is 0 Å². The van der Waals surface area contributed by atoms with Gasteiger partial charge in [-0.25, -0.2) is 0 Å². The molecule has 0 fully saturated rings. The largest absolute Gasteiger partial charge is 0.289 e. The van der Waals surface area contributed by atoms with Gasteiger partial charge in [0, 0.05) is 22.3 Å². The van der Waals surface area contributed by atoms with Gasteiger partial charge in [0.1, 0.15) is 0 Å². The first kappa shape index (κ1) is 23.2. The molecule has 31 heavy (non-hydrogen) atoms. The Morgan fingerprint density at radius 3 is 0.806 bits per heavy atom. The summed E-state index contributed by atoms with van der Waals surface area (Å²) in [5.41, 5.74) is 2.94. The number of rotatable bonds is 4. The molecule has 0 N–H and O–H groups in total. The molecular weight excluding hydrogens is 380 g/mol. The number of benzene rings is 4. The first-order valence-electron chi connectivity index (χ1n) is 10.0. The third-order valence-corrected chi connectivity index (χ3v) is 4.14. The molecule has 154 valence electrons. The maximum atomic E-state index is 11.8. The van der Waals surface area contributed by atoms with E-state index in [1.165, 1.54) is 0 Å². The fourth-order valence-corrected chi connectivity index (χ4v) is 2.69. The molecule has 0 heterocycles. The Morgan fingerprint density at radius 2 is 0.645 bits per heavy atom. The van der Waals surface area contributed by atoms with Crippen LogP contribution in [0, 0.1) is 0 Å². The maximum absolute atomic E-state index is 11.8. The van der Waals surface area contributed by atoms with Crippen LogP contribution in [0.5, 0.6) is 0 Å². The van der Waals surface area contributed by atoms with Gasteiger partial charge in [-0.05, 0) is 6.92 Å². The Bertz CT molecular complexity index is 885. The quantitative estimate of drug-likeness (QED) is 0.269. The molecule has 0 aliphatic carbocycles. The zero-order chi connectivity index (χ0) is 22.3. The molecule has 0 amide bonds. The third kappa shape index (κ3) is 7.71. The summed E-state index contributed by atoms with van der Waals surface area (Å²) in [6.45, 7) is 5.25.